The molecule has 0 aliphatic heterocycles. The first-order valence-corrected chi connectivity index (χ1v) is 8.14. The molecule has 0 aliphatic rings. The summed E-state index contributed by atoms with van der Waals surface area (Å²) in [5.74, 6) is 0.701. The smallest absolute Gasteiger partial charge is 0.257 e. The molecule has 0 saturated carbocycles. The van der Waals surface area contributed by atoms with Gasteiger partial charge in [-0.1, -0.05) is 13.0 Å². The first-order chi connectivity index (χ1) is 10.3. The average molecular weight is 303 g/mol. The van der Waals surface area contributed by atoms with Gasteiger partial charge in [-0.2, -0.15) is 0 Å². The van der Waals surface area contributed by atoms with E-state index < -0.39 is 0 Å². The Balaban J connectivity index is 2.17. The highest BCUT2D eigenvalue weighted by Crippen LogP contribution is 2.18. The van der Waals surface area contributed by atoms with Crippen LogP contribution in [-0.2, 0) is 6.54 Å². The number of pyridine rings is 1. The average Bonchev–Trinajstić information content (AvgIpc) is 3.03. The van der Waals surface area contributed by atoms with Crippen LogP contribution in [0.2, 0.25) is 0 Å². The molecule has 0 unspecified atom stereocenters. The SMILES string of the molecule is CCCNc1ncccc1C(=O)N(CC)Cc1cccs1. The van der Waals surface area contributed by atoms with E-state index in [0.29, 0.717) is 24.5 Å². The van der Waals surface area contributed by atoms with Crippen molar-refractivity contribution in [3.63, 3.8) is 0 Å². The summed E-state index contributed by atoms with van der Waals surface area (Å²) in [5, 5.41) is 5.26. The standard InChI is InChI=1S/C16H21N3OS/c1-3-9-17-15-14(8-5-10-18-15)16(20)19(4-2)12-13-7-6-11-21-13/h5-8,10-11H,3-4,9,12H2,1-2H3,(H,17,18). The van der Waals surface area contributed by atoms with Gasteiger partial charge in [0, 0.05) is 24.2 Å². The van der Waals surface area contributed by atoms with E-state index in [1.54, 1.807) is 17.5 Å². The molecule has 21 heavy (non-hydrogen) atoms. The van der Waals surface area contributed by atoms with E-state index in [2.05, 4.69) is 23.3 Å². The Morgan fingerprint density at radius 3 is 2.86 bits per heavy atom. The van der Waals surface area contributed by atoms with Crippen LogP contribution in [-0.4, -0.2) is 28.9 Å². The second-order valence-electron chi connectivity index (χ2n) is 4.73. The van der Waals surface area contributed by atoms with E-state index in [-0.39, 0.29) is 5.91 Å². The molecule has 0 spiro atoms. The minimum atomic E-state index is 0.0256. The van der Waals surface area contributed by atoms with E-state index in [4.69, 9.17) is 0 Å². The zero-order valence-electron chi connectivity index (χ0n) is 12.5. The minimum Gasteiger partial charge on any atom is -0.369 e. The number of amides is 1. The van der Waals surface area contributed by atoms with Crippen LogP contribution in [0.5, 0.6) is 0 Å². The Hall–Kier alpha value is -1.88. The normalized spacial score (nSPS) is 10.4. The number of carbonyl (C=O) groups is 1. The molecule has 0 radical (unpaired) electrons. The van der Waals surface area contributed by atoms with Gasteiger partial charge in [-0.15, -0.1) is 11.3 Å². The minimum absolute atomic E-state index is 0.0256. The summed E-state index contributed by atoms with van der Waals surface area (Å²) in [5.41, 5.74) is 0.643. The van der Waals surface area contributed by atoms with Crippen molar-refractivity contribution in [3.8, 4) is 0 Å². The van der Waals surface area contributed by atoms with Gasteiger partial charge in [0.15, 0.2) is 0 Å². The second-order valence-corrected chi connectivity index (χ2v) is 5.76. The molecular weight excluding hydrogens is 282 g/mol. The summed E-state index contributed by atoms with van der Waals surface area (Å²) < 4.78 is 0. The molecule has 0 atom stereocenters. The molecule has 2 heterocycles. The molecule has 2 rings (SSSR count). The number of thiophene rings is 1. The van der Waals surface area contributed by atoms with Gasteiger partial charge < -0.3 is 10.2 Å². The van der Waals surface area contributed by atoms with Crippen molar-refractivity contribution < 1.29 is 4.79 Å². The number of nitrogens with zero attached hydrogens (tertiary/aromatic N) is 2. The molecule has 0 bridgehead atoms. The maximum atomic E-state index is 12.7. The number of nitrogens with one attached hydrogen (secondary N) is 1. The van der Waals surface area contributed by atoms with Crippen LogP contribution in [0.25, 0.3) is 0 Å². The highest BCUT2D eigenvalue weighted by atomic mass is 32.1. The quantitative estimate of drug-likeness (QED) is 0.849. The number of rotatable bonds is 7. The van der Waals surface area contributed by atoms with Crippen molar-refractivity contribution in [2.45, 2.75) is 26.8 Å². The largest absolute Gasteiger partial charge is 0.369 e. The maximum Gasteiger partial charge on any atom is 0.257 e. The van der Waals surface area contributed by atoms with Crippen LogP contribution in [0.3, 0.4) is 0 Å². The van der Waals surface area contributed by atoms with Crippen LogP contribution in [0.4, 0.5) is 5.82 Å². The van der Waals surface area contributed by atoms with Gasteiger partial charge in [-0.05, 0) is 36.9 Å². The number of hydrogen-bond donors (Lipinski definition) is 1. The summed E-state index contributed by atoms with van der Waals surface area (Å²) in [7, 11) is 0. The molecule has 1 amide bonds. The van der Waals surface area contributed by atoms with Crippen LogP contribution >= 0.6 is 11.3 Å². The van der Waals surface area contributed by atoms with E-state index in [1.807, 2.05) is 35.4 Å². The lowest BCUT2D eigenvalue weighted by atomic mass is 10.2. The van der Waals surface area contributed by atoms with E-state index in [9.17, 15) is 4.79 Å². The van der Waals surface area contributed by atoms with Gasteiger partial charge in [0.05, 0.1) is 12.1 Å². The summed E-state index contributed by atoms with van der Waals surface area (Å²) in [6, 6.07) is 7.71. The van der Waals surface area contributed by atoms with Gasteiger partial charge in [0.1, 0.15) is 5.82 Å². The number of carbonyl (C=O) groups excluding carboxylic acids is 1. The number of anilines is 1. The molecule has 4 nitrogen and oxygen atoms in total. The predicted molar refractivity (Wildman–Crippen MR) is 87.8 cm³/mol. The molecule has 2 aromatic rings. The summed E-state index contributed by atoms with van der Waals surface area (Å²) >= 11 is 1.67. The third-order valence-corrected chi connectivity index (χ3v) is 4.04. The van der Waals surface area contributed by atoms with Crippen molar-refractivity contribution in [3.05, 3.63) is 46.3 Å². The molecule has 0 fully saturated rings. The lowest BCUT2D eigenvalue weighted by Gasteiger charge is -2.21. The lowest BCUT2D eigenvalue weighted by molar-refractivity contribution is 0.0755. The summed E-state index contributed by atoms with van der Waals surface area (Å²) in [4.78, 5) is 20.1. The predicted octanol–water partition coefficient (Wildman–Crippen LogP) is 3.63. The zero-order valence-corrected chi connectivity index (χ0v) is 13.3. The molecule has 2 aromatic heterocycles. The number of hydrogen-bond acceptors (Lipinski definition) is 4. The molecule has 1 N–H and O–H groups in total. The Labute approximate surface area is 129 Å². The van der Waals surface area contributed by atoms with Gasteiger partial charge in [-0.25, -0.2) is 4.98 Å². The fourth-order valence-electron chi connectivity index (χ4n) is 2.05. The Kier molecular flexibility index (Phi) is 5.75. The Morgan fingerprint density at radius 1 is 1.33 bits per heavy atom. The molecule has 5 heteroatoms. The van der Waals surface area contributed by atoms with Gasteiger partial charge in [0.2, 0.25) is 0 Å². The van der Waals surface area contributed by atoms with Gasteiger partial charge >= 0.3 is 0 Å². The highest BCUT2D eigenvalue weighted by Gasteiger charge is 2.18. The third kappa shape index (κ3) is 4.04. The first-order valence-electron chi connectivity index (χ1n) is 7.26. The summed E-state index contributed by atoms with van der Waals surface area (Å²) in [6.07, 6.45) is 2.71. The fourth-order valence-corrected chi connectivity index (χ4v) is 2.77. The van der Waals surface area contributed by atoms with Crippen molar-refractivity contribution in [2.75, 3.05) is 18.4 Å². The molecule has 0 aromatic carbocycles. The molecule has 112 valence electrons. The fraction of sp³-hybridized carbons (Fsp3) is 0.375. The Bertz CT molecular complexity index is 569. The number of aromatic nitrogens is 1. The summed E-state index contributed by atoms with van der Waals surface area (Å²) in [6.45, 7) is 6.23. The van der Waals surface area contributed by atoms with Crippen LogP contribution < -0.4 is 5.32 Å². The second kappa shape index (κ2) is 7.78. The Morgan fingerprint density at radius 2 is 2.19 bits per heavy atom. The lowest BCUT2D eigenvalue weighted by Crippen LogP contribution is -2.30. The van der Waals surface area contributed by atoms with Gasteiger partial charge in [-0.3, -0.25) is 4.79 Å². The third-order valence-electron chi connectivity index (χ3n) is 3.18. The topological polar surface area (TPSA) is 45.2 Å². The van der Waals surface area contributed by atoms with Crippen LogP contribution in [0, 0.1) is 0 Å². The van der Waals surface area contributed by atoms with Crippen molar-refractivity contribution in [1.82, 2.24) is 9.88 Å². The first kappa shape index (κ1) is 15.5. The van der Waals surface area contributed by atoms with Crippen LogP contribution in [0.15, 0.2) is 35.8 Å². The van der Waals surface area contributed by atoms with Crippen molar-refractivity contribution >= 4 is 23.1 Å². The van der Waals surface area contributed by atoms with Crippen molar-refractivity contribution in [2.24, 2.45) is 0 Å². The molecular formula is C16H21N3OS. The molecule has 0 aliphatic carbocycles. The zero-order chi connectivity index (χ0) is 15.1. The van der Waals surface area contributed by atoms with E-state index in [0.717, 1.165) is 13.0 Å². The van der Waals surface area contributed by atoms with Crippen LogP contribution in [0.1, 0.15) is 35.5 Å². The highest BCUT2D eigenvalue weighted by molar-refractivity contribution is 7.09. The van der Waals surface area contributed by atoms with Crippen molar-refractivity contribution in [1.29, 1.82) is 0 Å². The monoisotopic (exact) mass is 303 g/mol. The molecule has 0 saturated heterocycles. The van der Waals surface area contributed by atoms with E-state index >= 15 is 0 Å². The van der Waals surface area contributed by atoms with Gasteiger partial charge in [0.25, 0.3) is 5.91 Å². The van der Waals surface area contributed by atoms with E-state index in [1.165, 1.54) is 4.88 Å². The maximum absolute atomic E-state index is 12.7.